The zero-order valence-electron chi connectivity index (χ0n) is 16.6. The molecule has 0 radical (unpaired) electrons. The van der Waals surface area contributed by atoms with Crippen molar-refractivity contribution in [2.24, 2.45) is 5.73 Å². The van der Waals surface area contributed by atoms with Gasteiger partial charge in [-0.2, -0.15) is 0 Å². The molecule has 33 heavy (non-hydrogen) atoms. The quantitative estimate of drug-likeness (QED) is 0.251. The van der Waals surface area contributed by atoms with Gasteiger partial charge in [0.05, 0.1) is 18.7 Å². The third kappa shape index (κ3) is 4.54. The molecule has 0 unspecified atom stereocenters. The summed E-state index contributed by atoms with van der Waals surface area (Å²) in [6, 6.07) is 11.4. The molecule has 4 N–H and O–H groups in total. The average Bonchev–Trinajstić information content (AvgIpc) is 3.20. The van der Waals surface area contributed by atoms with E-state index in [-0.39, 0.29) is 9.79 Å². The Morgan fingerprint density at radius 2 is 1.70 bits per heavy atom. The monoisotopic (exact) mass is 596 g/mol. The molecule has 1 heterocycles. The molecule has 4 aromatic rings. The predicted molar refractivity (Wildman–Crippen MR) is 127 cm³/mol. The Balaban J connectivity index is 1.73. The van der Waals surface area contributed by atoms with Crippen molar-refractivity contribution in [3.8, 4) is 11.5 Å². The van der Waals surface area contributed by atoms with Crippen LogP contribution < -0.4 is 10.5 Å². The lowest BCUT2D eigenvalue weighted by molar-refractivity contribution is -0.138. The maximum Gasteiger partial charge on any atom is 0.325 e. The van der Waals surface area contributed by atoms with Gasteiger partial charge in [-0.1, -0.05) is 0 Å². The molecular weight excluding hydrogens is 583 g/mol. The summed E-state index contributed by atoms with van der Waals surface area (Å²) < 4.78 is 46.3. The fraction of sp³-hybridized carbons (Fsp3) is 0.0455. The van der Waals surface area contributed by atoms with E-state index in [4.69, 9.17) is 15.6 Å². The fourth-order valence-corrected chi connectivity index (χ4v) is 6.02. The summed E-state index contributed by atoms with van der Waals surface area (Å²) in [4.78, 5) is 14.1. The summed E-state index contributed by atoms with van der Waals surface area (Å²) in [5, 5.41) is 9.53. The molecule has 170 valence electrons. The number of aliphatic carboxylic acids is 1. The van der Waals surface area contributed by atoms with E-state index < -0.39 is 27.7 Å². The first-order chi connectivity index (χ1) is 15.6. The van der Waals surface area contributed by atoms with Gasteiger partial charge in [-0.3, -0.25) is 4.79 Å². The Kier molecular flexibility index (Phi) is 6.32. The van der Waals surface area contributed by atoms with Crippen molar-refractivity contribution in [1.29, 1.82) is 0 Å². The molecule has 0 saturated carbocycles. The number of H-pyrrole nitrogens is 1. The molecule has 0 aliphatic rings. The van der Waals surface area contributed by atoms with Crippen LogP contribution in [0.1, 0.15) is 11.6 Å². The summed E-state index contributed by atoms with van der Waals surface area (Å²) in [7, 11) is -3.91. The van der Waals surface area contributed by atoms with E-state index in [1.807, 2.05) is 0 Å². The largest absolute Gasteiger partial charge is 0.480 e. The van der Waals surface area contributed by atoms with Crippen LogP contribution in [-0.2, 0) is 14.6 Å². The van der Waals surface area contributed by atoms with Gasteiger partial charge in [0.15, 0.2) is 5.75 Å². The van der Waals surface area contributed by atoms with Crippen LogP contribution in [-0.4, -0.2) is 24.5 Å². The first-order valence-electron chi connectivity index (χ1n) is 9.35. The highest BCUT2D eigenvalue weighted by atomic mass is 79.9. The number of benzene rings is 3. The number of carboxylic acids is 1. The lowest BCUT2D eigenvalue weighted by Crippen LogP contribution is -2.20. The molecule has 0 fully saturated rings. The minimum Gasteiger partial charge on any atom is -0.480 e. The maximum atomic E-state index is 13.2. The second kappa shape index (κ2) is 8.90. The molecule has 3 aromatic carbocycles. The minimum atomic E-state index is -3.91. The van der Waals surface area contributed by atoms with E-state index in [9.17, 15) is 17.6 Å². The number of carboxylic acid groups (broad SMARTS) is 1. The number of nitrogens with two attached hydrogens (primary N) is 1. The average molecular weight is 598 g/mol. The normalized spacial score (nSPS) is 12.6. The highest BCUT2D eigenvalue weighted by Gasteiger charge is 2.23. The van der Waals surface area contributed by atoms with E-state index in [1.165, 1.54) is 30.5 Å². The van der Waals surface area contributed by atoms with Crippen LogP contribution in [0.15, 0.2) is 79.5 Å². The van der Waals surface area contributed by atoms with Gasteiger partial charge in [0.25, 0.3) is 0 Å². The van der Waals surface area contributed by atoms with E-state index in [0.717, 1.165) is 12.1 Å². The van der Waals surface area contributed by atoms with Crippen LogP contribution in [0.3, 0.4) is 0 Å². The molecule has 11 heteroatoms. The number of aromatic nitrogens is 1. The highest BCUT2D eigenvalue weighted by Crippen LogP contribution is 2.40. The van der Waals surface area contributed by atoms with Crippen molar-refractivity contribution < 1.29 is 27.4 Å². The zero-order valence-corrected chi connectivity index (χ0v) is 20.5. The summed E-state index contributed by atoms with van der Waals surface area (Å²) in [5.41, 5.74) is 6.62. The van der Waals surface area contributed by atoms with Crippen molar-refractivity contribution in [2.75, 3.05) is 0 Å². The second-order valence-corrected chi connectivity index (χ2v) is 10.7. The molecule has 0 aliphatic carbocycles. The Bertz CT molecular complexity index is 1460. The van der Waals surface area contributed by atoms with Gasteiger partial charge in [-0.05, 0) is 92.0 Å². The fourth-order valence-electron chi connectivity index (χ4n) is 3.22. The SMILES string of the molecule is N[C@@H](C(=O)O)c1cc(Br)c(Oc2ccc3[nH]cc(S(=O)(=O)c4ccc(F)cc4)c3c2)c(Br)c1. The Labute approximate surface area is 204 Å². The van der Waals surface area contributed by atoms with E-state index in [0.29, 0.717) is 36.9 Å². The third-order valence-corrected chi connectivity index (χ3v) is 7.88. The molecule has 0 amide bonds. The van der Waals surface area contributed by atoms with Crippen LogP contribution in [0.25, 0.3) is 10.9 Å². The number of sulfone groups is 1. The van der Waals surface area contributed by atoms with Crippen LogP contribution >= 0.6 is 31.9 Å². The topological polar surface area (TPSA) is 122 Å². The second-order valence-electron chi connectivity index (χ2n) is 7.05. The maximum absolute atomic E-state index is 13.2. The predicted octanol–water partition coefficient (Wildman–Crippen LogP) is 5.54. The number of rotatable bonds is 6. The molecule has 0 saturated heterocycles. The number of aromatic amines is 1. The van der Waals surface area contributed by atoms with E-state index in [2.05, 4.69) is 36.8 Å². The molecule has 0 aliphatic heterocycles. The van der Waals surface area contributed by atoms with Gasteiger partial charge in [0.2, 0.25) is 9.84 Å². The lowest BCUT2D eigenvalue weighted by Gasteiger charge is -2.14. The minimum absolute atomic E-state index is 0.0236. The summed E-state index contributed by atoms with van der Waals surface area (Å²) in [6.45, 7) is 0. The molecule has 0 bridgehead atoms. The molecular formula is C22H15Br2FN2O5S. The van der Waals surface area contributed by atoms with Crippen LogP contribution in [0, 0.1) is 5.82 Å². The van der Waals surface area contributed by atoms with Gasteiger partial charge in [0, 0.05) is 17.1 Å². The van der Waals surface area contributed by atoms with E-state index >= 15 is 0 Å². The highest BCUT2D eigenvalue weighted by molar-refractivity contribution is 9.11. The van der Waals surface area contributed by atoms with Gasteiger partial charge < -0.3 is 20.6 Å². The summed E-state index contributed by atoms with van der Waals surface area (Å²) in [5.74, 6) is -1.01. The number of hydrogen-bond acceptors (Lipinski definition) is 5. The molecule has 7 nitrogen and oxygen atoms in total. The molecule has 1 aromatic heterocycles. The molecule has 4 rings (SSSR count). The summed E-state index contributed by atoms with van der Waals surface area (Å²) >= 11 is 6.72. The van der Waals surface area contributed by atoms with Crippen LogP contribution in [0.2, 0.25) is 0 Å². The number of ether oxygens (including phenoxy) is 1. The summed E-state index contributed by atoms with van der Waals surface area (Å²) in [6.07, 6.45) is 1.38. The van der Waals surface area contributed by atoms with Gasteiger partial charge in [-0.15, -0.1) is 0 Å². The number of nitrogens with one attached hydrogen (secondary N) is 1. The van der Waals surface area contributed by atoms with Crippen molar-refractivity contribution in [1.82, 2.24) is 4.98 Å². The van der Waals surface area contributed by atoms with Crippen molar-refractivity contribution in [3.63, 3.8) is 0 Å². The number of hydrogen-bond donors (Lipinski definition) is 3. The number of fused-ring (bicyclic) bond motifs is 1. The first-order valence-corrected chi connectivity index (χ1v) is 12.4. The smallest absolute Gasteiger partial charge is 0.325 e. The molecule has 0 spiro atoms. The first kappa shape index (κ1) is 23.4. The van der Waals surface area contributed by atoms with Crippen molar-refractivity contribution in [3.05, 3.63) is 81.1 Å². The Hall–Kier alpha value is -2.73. The van der Waals surface area contributed by atoms with Gasteiger partial charge >= 0.3 is 5.97 Å². The standard InChI is InChI=1S/C22H15Br2FN2O5S/c23-16-7-11(20(26)22(28)29)8-17(24)21(16)32-13-3-6-18-15(9-13)19(10-27-18)33(30,31)14-4-1-12(25)2-5-14/h1-10,20,27H,26H2,(H,28,29)/t20-/m1/s1. The van der Waals surface area contributed by atoms with Crippen molar-refractivity contribution in [2.45, 2.75) is 15.8 Å². The van der Waals surface area contributed by atoms with Gasteiger partial charge in [-0.25, -0.2) is 12.8 Å². The Morgan fingerprint density at radius 3 is 2.30 bits per heavy atom. The van der Waals surface area contributed by atoms with Gasteiger partial charge in [0.1, 0.15) is 17.6 Å². The number of carbonyl (C=O) groups is 1. The number of halogens is 3. The zero-order chi connectivity index (χ0) is 23.9. The molecule has 1 atom stereocenters. The van der Waals surface area contributed by atoms with Crippen LogP contribution in [0.4, 0.5) is 4.39 Å². The van der Waals surface area contributed by atoms with Crippen LogP contribution in [0.5, 0.6) is 11.5 Å². The van der Waals surface area contributed by atoms with E-state index in [1.54, 1.807) is 18.2 Å². The lowest BCUT2D eigenvalue weighted by atomic mass is 10.1. The Morgan fingerprint density at radius 1 is 1.06 bits per heavy atom. The van der Waals surface area contributed by atoms with Crippen molar-refractivity contribution >= 4 is 58.6 Å². The third-order valence-electron chi connectivity index (χ3n) is 4.89.